The van der Waals surface area contributed by atoms with Gasteiger partial charge in [-0.1, -0.05) is 22.0 Å². The van der Waals surface area contributed by atoms with Crippen LogP contribution in [-0.2, 0) is 17.4 Å². The standard InChI is InChI=1S/C11H7BrF6O2/c12-5-7(19)3-6-1-2-9(20-11(16,17)18)8(4-6)10(13,14)15/h1-2,4H,3,5H2. The molecule has 0 unspecified atom stereocenters. The first kappa shape index (κ1) is 16.8. The van der Waals surface area contributed by atoms with Gasteiger partial charge in [0.15, 0.2) is 0 Å². The summed E-state index contributed by atoms with van der Waals surface area (Å²) in [6.07, 6.45) is -10.6. The lowest BCUT2D eigenvalue weighted by Gasteiger charge is -2.16. The van der Waals surface area contributed by atoms with Crippen molar-refractivity contribution in [2.75, 3.05) is 5.33 Å². The molecule has 9 heteroatoms. The van der Waals surface area contributed by atoms with E-state index in [1.54, 1.807) is 0 Å². The summed E-state index contributed by atoms with van der Waals surface area (Å²) >= 11 is 2.84. The van der Waals surface area contributed by atoms with Gasteiger partial charge in [-0.3, -0.25) is 4.79 Å². The molecule has 0 saturated carbocycles. The molecule has 112 valence electrons. The molecular weight excluding hydrogens is 358 g/mol. The number of hydrogen-bond donors (Lipinski definition) is 0. The van der Waals surface area contributed by atoms with Crippen molar-refractivity contribution in [2.24, 2.45) is 0 Å². The van der Waals surface area contributed by atoms with Crippen LogP contribution < -0.4 is 4.74 Å². The Morgan fingerprint density at radius 1 is 1.15 bits per heavy atom. The number of ketones is 1. The Bertz CT molecular complexity index is 495. The lowest BCUT2D eigenvalue weighted by Crippen LogP contribution is -2.20. The van der Waals surface area contributed by atoms with Crippen LogP contribution in [0.4, 0.5) is 26.3 Å². The molecule has 0 saturated heterocycles. The van der Waals surface area contributed by atoms with Gasteiger partial charge in [0.25, 0.3) is 0 Å². The van der Waals surface area contributed by atoms with Crippen molar-refractivity contribution in [1.82, 2.24) is 0 Å². The predicted molar refractivity (Wildman–Crippen MR) is 60.6 cm³/mol. The Morgan fingerprint density at radius 2 is 1.75 bits per heavy atom. The van der Waals surface area contributed by atoms with Crippen LogP contribution in [0.1, 0.15) is 11.1 Å². The summed E-state index contributed by atoms with van der Waals surface area (Å²) in [5.41, 5.74) is -1.62. The first-order chi connectivity index (χ1) is 9.03. The quantitative estimate of drug-likeness (QED) is 0.593. The number of Topliss-reactive ketones (excluding diaryl/α,β-unsaturated/α-hetero) is 1. The van der Waals surface area contributed by atoms with Crippen LogP contribution >= 0.6 is 15.9 Å². The van der Waals surface area contributed by atoms with Gasteiger partial charge in [0.2, 0.25) is 0 Å². The molecule has 20 heavy (non-hydrogen) atoms. The van der Waals surface area contributed by atoms with Gasteiger partial charge in [0.05, 0.1) is 10.9 Å². The first-order valence-electron chi connectivity index (χ1n) is 5.06. The second kappa shape index (κ2) is 6.02. The summed E-state index contributed by atoms with van der Waals surface area (Å²) in [5, 5.41) is -0.0604. The van der Waals surface area contributed by atoms with Gasteiger partial charge in [-0.25, -0.2) is 0 Å². The fraction of sp³-hybridized carbons (Fsp3) is 0.364. The molecule has 1 rings (SSSR count). The van der Waals surface area contributed by atoms with Gasteiger partial charge < -0.3 is 4.74 Å². The fourth-order valence-corrected chi connectivity index (χ4v) is 1.60. The number of carbonyl (C=O) groups is 1. The number of halogens is 7. The zero-order valence-corrected chi connectivity index (χ0v) is 11.2. The lowest BCUT2D eigenvalue weighted by molar-refractivity contribution is -0.276. The van der Waals surface area contributed by atoms with Crippen molar-refractivity contribution in [3.8, 4) is 5.75 Å². The molecule has 0 aromatic heterocycles. The monoisotopic (exact) mass is 364 g/mol. The van der Waals surface area contributed by atoms with Crippen molar-refractivity contribution in [3.05, 3.63) is 29.3 Å². The van der Waals surface area contributed by atoms with E-state index in [4.69, 9.17) is 0 Å². The van der Waals surface area contributed by atoms with Crippen LogP contribution in [0.15, 0.2) is 18.2 Å². The lowest BCUT2D eigenvalue weighted by atomic mass is 10.1. The van der Waals surface area contributed by atoms with E-state index in [0.29, 0.717) is 12.1 Å². The van der Waals surface area contributed by atoms with Gasteiger partial charge in [0, 0.05) is 6.42 Å². The minimum Gasteiger partial charge on any atom is -0.405 e. The van der Waals surface area contributed by atoms with Crippen LogP contribution in [0.2, 0.25) is 0 Å². The maximum atomic E-state index is 12.7. The molecule has 2 nitrogen and oxygen atoms in total. The average molecular weight is 365 g/mol. The van der Waals surface area contributed by atoms with Crippen molar-refractivity contribution in [3.63, 3.8) is 0 Å². The van der Waals surface area contributed by atoms with Gasteiger partial charge in [-0.2, -0.15) is 13.2 Å². The van der Waals surface area contributed by atoms with Gasteiger partial charge in [0.1, 0.15) is 11.5 Å². The molecule has 0 radical (unpaired) electrons. The number of benzene rings is 1. The number of ether oxygens (including phenoxy) is 1. The first-order valence-corrected chi connectivity index (χ1v) is 6.18. The number of alkyl halides is 7. The molecule has 0 amide bonds. The Kier molecular flexibility index (Phi) is 5.06. The summed E-state index contributed by atoms with van der Waals surface area (Å²) in [6.45, 7) is 0. The molecule has 0 bridgehead atoms. The molecule has 1 aromatic carbocycles. The minimum atomic E-state index is -5.23. The largest absolute Gasteiger partial charge is 0.573 e. The molecule has 0 aliphatic carbocycles. The third-order valence-corrected chi connectivity index (χ3v) is 2.75. The molecular formula is C11H7BrF6O2. The highest BCUT2D eigenvalue weighted by Gasteiger charge is 2.39. The summed E-state index contributed by atoms with van der Waals surface area (Å²) in [4.78, 5) is 11.1. The fourth-order valence-electron chi connectivity index (χ4n) is 1.40. The molecule has 0 N–H and O–H groups in total. The van der Waals surface area contributed by atoms with Crippen molar-refractivity contribution < 1.29 is 35.9 Å². The van der Waals surface area contributed by atoms with E-state index in [2.05, 4.69) is 20.7 Å². The Morgan fingerprint density at radius 3 is 2.20 bits per heavy atom. The van der Waals surface area contributed by atoms with E-state index in [0.717, 1.165) is 6.07 Å². The number of hydrogen-bond acceptors (Lipinski definition) is 2. The highest BCUT2D eigenvalue weighted by Crippen LogP contribution is 2.39. The normalized spacial score (nSPS) is 12.3. The summed E-state index contributed by atoms with van der Waals surface area (Å²) < 4.78 is 77.5. The minimum absolute atomic E-state index is 0.0451. The van der Waals surface area contributed by atoms with Crippen molar-refractivity contribution in [2.45, 2.75) is 19.0 Å². The number of rotatable bonds is 4. The molecule has 0 aliphatic heterocycles. The van der Waals surface area contributed by atoms with Crippen LogP contribution in [0.5, 0.6) is 5.75 Å². The SMILES string of the molecule is O=C(CBr)Cc1ccc(OC(F)(F)F)c(C(F)(F)F)c1. The van der Waals surface area contributed by atoms with Crippen molar-refractivity contribution in [1.29, 1.82) is 0 Å². The van der Waals surface area contributed by atoms with Gasteiger partial charge in [-0.05, 0) is 17.7 Å². The molecule has 0 spiro atoms. The van der Waals surface area contributed by atoms with E-state index in [-0.39, 0.29) is 17.3 Å². The maximum absolute atomic E-state index is 12.7. The molecule has 0 fully saturated rings. The molecule has 0 atom stereocenters. The summed E-state index contributed by atoms with van der Waals surface area (Å²) in [5.74, 6) is -1.75. The molecule has 0 aliphatic rings. The zero-order valence-electron chi connectivity index (χ0n) is 9.61. The van der Waals surface area contributed by atoms with Gasteiger partial charge in [-0.15, -0.1) is 13.2 Å². The van der Waals surface area contributed by atoms with E-state index < -0.39 is 29.6 Å². The van der Waals surface area contributed by atoms with E-state index in [1.807, 2.05) is 0 Å². The highest BCUT2D eigenvalue weighted by atomic mass is 79.9. The predicted octanol–water partition coefficient (Wildman–Crippen LogP) is 4.11. The topological polar surface area (TPSA) is 26.3 Å². The van der Waals surface area contributed by atoms with Crippen LogP contribution in [0.25, 0.3) is 0 Å². The Hall–Kier alpha value is -1.25. The van der Waals surface area contributed by atoms with Crippen LogP contribution in [0.3, 0.4) is 0 Å². The van der Waals surface area contributed by atoms with E-state index in [1.165, 1.54) is 0 Å². The Labute approximate surface area is 117 Å². The average Bonchev–Trinajstić information content (AvgIpc) is 2.27. The third-order valence-electron chi connectivity index (χ3n) is 2.13. The third kappa shape index (κ3) is 5.03. The van der Waals surface area contributed by atoms with Gasteiger partial charge >= 0.3 is 12.5 Å². The van der Waals surface area contributed by atoms with Crippen molar-refractivity contribution >= 4 is 21.7 Å². The Balaban J connectivity index is 3.17. The highest BCUT2D eigenvalue weighted by molar-refractivity contribution is 9.09. The summed E-state index contributed by atoms with van der Waals surface area (Å²) in [6, 6.07) is 2.01. The molecule has 1 aromatic rings. The maximum Gasteiger partial charge on any atom is 0.573 e. The van der Waals surface area contributed by atoms with Crippen LogP contribution in [-0.4, -0.2) is 17.5 Å². The van der Waals surface area contributed by atoms with E-state index in [9.17, 15) is 31.1 Å². The smallest absolute Gasteiger partial charge is 0.405 e. The molecule has 0 heterocycles. The van der Waals surface area contributed by atoms with E-state index >= 15 is 0 Å². The second-order valence-corrected chi connectivity index (χ2v) is 4.29. The van der Waals surface area contributed by atoms with Crippen LogP contribution in [0, 0.1) is 0 Å². The number of carbonyl (C=O) groups excluding carboxylic acids is 1. The second-order valence-electron chi connectivity index (χ2n) is 3.73. The zero-order chi connectivity index (χ0) is 15.6. The summed E-state index contributed by atoms with van der Waals surface area (Å²) in [7, 11) is 0.